The molecule has 0 fully saturated rings. The number of para-hydroxylation sites is 1. The minimum atomic E-state index is -0.591. The molecule has 0 aromatic heterocycles. The number of carbonyl (C=O) groups is 1. The number of urea groups is 1. The van der Waals surface area contributed by atoms with Gasteiger partial charge in [0.05, 0.1) is 24.9 Å². The number of halogens is 1. The first-order chi connectivity index (χ1) is 8.17. The molecule has 1 unspecified atom stereocenters. The Morgan fingerprint density at radius 2 is 2.24 bits per heavy atom. The van der Waals surface area contributed by atoms with Crippen molar-refractivity contribution in [3.63, 3.8) is 0 Å². The Morgan fingerprint density at radius 1 is 1.53 bits per heavy atom. The molecule has 0 aliphatic rings. The summed E-state index contributed by atoms with van der Waals surface area (Å²) in [5, 5.41) is 13.7. The zero-order valence-corrected chi connectivity index (χ0v) is 9.44. The van der Waals surface area contributed by atoms with Crippen LogP contribution in [0.3, 0.4) is 0 Å². The summed E-state index contributed by atoms with van der Waals surface area (Å²) < 4.78 is 18.0. The molecule has 0 radical (unpaired) electrons. The largest absolute Gasteiger partial charge is 0.394 e. The number of hydrogen-bond donors (Lipinski definition) is 3. The van der Waals surface area contributed by atoms with Crippen molar-refractivity contribution in [2.24, 2.45) is 0 Å². The summed E-state index contributed by atoms with van der Waals surface area (Å²) >= 11 is 0. The first-order valence-corrected chi connectivity index (χ1v) is 5.09. The monoisotopic (exact) mass is 242 g/mol. The van der Waals surface area contributed by atoms with Crippen LogP contribution in [0, 0.1) is 5.82 Å². The molecule has 0 saturated carbocycles. The molecule has 0 spiro atoms. The van der Waals surface area contributed by atoms with E-state index in [1.165, 1.54) is 25.3 Å². The van der Waals surface area contributed by atoms with Crippen molar-refractivity contribution in [3.05, 3.63) is 30.1 Å². The van der Waals surface area contributed by atoms with Gasteiger partial charge in [-0.25, -0.2) is 9.18 Å². The zero-order valence-electron chi connectivity index (χ0n) is 9.44. The summed E-state index contributed by atoms with van der Waals surface area (Å²) in [4.78, 5) is 11.5. The molecule has 1 aromatic rings. The third kappa shape index (κ3) is 4.38. The minimum absolute atomic E-state index is 0.0825. The van der Waals surface area contributed by atoms with Crippen LogP contribution in [0.25, 0.3) is 0 Å². The van der Waals surface area contributed by atoms with E-state index >= 15 is 0 Å². The third-order valence-electron chi connectivity index (χ3n) is 2.05. The van der Waals surface area contributed by atoms with Crippen molar-refractivity contribution < 1.29 is 19.0 Å². The van der Waals surface area contributed by atoms with Crippen molar-refractivity contribution in [1.29, 1.82) is 0 Å². The fourth-order valence-electron chi connectivity index (χ4n) is 1.25. The first-order valence-electron chi connectivity index (χ1n) is 5.09. The van der Waals surface area contributed by atoms with Crippen LogP contribution in [0.5, 0.6) is 0 Å². The molecule has 5 nitrogen and oxygen atoms in total. The number of nitrogens with one attached hydrogen (secondary N) is 2. The summed E-state index contributed by atoms with van der Waals surface area (Å²) in [6.07, 6.45) is 0. The van der Waals surface area contributed by atoms with E-state index in [4.69, 9.17) is 9.84 Å². The zero-order chi connectivity index (χ0) is 12.7. The van der Waals surface area contributed by atoms with E-state index in [0.717, 1.165) is 0 Å². The fourth-order valence-corrected chi connectivity index (χ4v) is 1.25. The van der Waals surface area contributed by atoms with E-state index in [1.54, 1.807) is 6.07 Å². The number of aliphatic hydroxyl groups is 1. The maximum atomic E-state index is 13.2. The molecule has 6 heteroatoms. The van der Waals surface area contributed by atoms with Gasteiger partial charge in [-0.2, -0.15) is 0 Å². The summed E-state index contributed by atoms with van der Waals surface area (Å²) in [5.74, 6) is -0.519. The number of methoxy groups -OCH3 is 1. The molecule has 0 aliphatic heterocycles. The maximum absolute atomic E-state index is 13.2. The van der Waals surface area contributed by atoms with Crippen LogP contribution in [0.15, 0.2) is 24.3 Å². The lowest BCUT2D eigenvalue weighted by molar-refractivity contribution is 0.132. The molecule has 1 aromatic carbocycles. The first kappa shape index (κ1) is 13.4. The molecule has 0 saturated heterocycles. The molecule has 2 amide bonds. The van der Waals surface area contributed by atoms with Crippen molar-refractivity contribution >= 4 is 11.7 Å². The van der Waals surface area contributed by atoms with Gasteiger partial charge in [0.25, 0.3) is 0 Å². The highest BCUT2D eigenvalue weighted by Gasteiger charge is 2.12. The van der Waals surface area contributed by atoms with Gasteiger partial charge >= 0.3 is 6.03 Å². The highest BCUT2D eigenvalue weighted by Crippen LogP contribution is 2.11. The summed E-state index contributed by atoms with van der Waals surface area (Å²) in [5.41, 5.74) is 0.0825. The van der Waals surface area contributed by atoms with Gasteiger partial charge < -0.3 is 20.5 Å². The van der Waals surface area contributed by atoms with Crippen molar-refractivity contribution in [1.82, 2.24) is 5.32 Å². The lowest BCUT2D eigenvalue weighted by Gasteiger charge is -2.15. The number of benzene rings is 1. The number of carbonyl (C=O) groups excluding carboxylic acids is 1. The van der Waals surface area contributed by atoms with Gasteiger partial charge in [0.1, 0.15) is 5.82 Å². The second-order valence-electron chi connectivity index (χ2n) is 3.41. The average Bonchev–Trinajstić information content (AvgIpc) is 2.31. The van der Waals surface area contributed by atoms with Crippen LogP contribution in [0.2, 0.25) is 0 Å². The minimum Gasteiger partial charge on any atom is -0.394 e. The van der Waals surface area contributed by atoms with Crippen LogP contribution in [0.4, 0.5) is 14.9 Å². The van der Waals surface area contributed by atoms with Crippen LogP contribution < -0.4 is 10.6 Å². The van der Waals surface area contributed by atoms with Crippen molar-refractivity contribution in [2.75, 3.05) is 25.6 Å². The van der Waals surface area contributed by atoms with Crippen LogP contribution >= 0.6 is 0 Å². The van der Waals surface area contributed by atoms with Crippen molar-refractivity contribution in [2.45, 2.75) is 6.04 Å². The Kier molecular flexibility index (Phi) is 5.38. The van der Waals surface area contributed by atoms with Gasteiger partial charge in [-0.1, -0.05) is 12.1 Å². The second-order valence-corrected chi connectivity index (χ2v) is 3.41. The Labute approximate surface area is 98.6 Å². The molecule has 17 heavy (non-hydrogen) atoms. The lowest BCUT2D eigenvalue weighted by atomic mass is 10.3. The smallest absolute Gasteiger partial charge is 0.319 e. The molecule has 0 aliphatic carbocycles. The third-order valence-corrected chi connectivity index (χ3v) is 2.05. The Morgan fingerprint density at radius 3 is 2.82 bits per heavy atom. The summed E-state index contributed by atoms with van der Waals surface area (Å²) in [6, 6.07) is 4.71. The number of ether oxygens (including phenoxy) is 1. The highest BCUT2D eigenvalue weighted by atomic mass is 19.1. The van der Waals surface area contributed by atoms with E-state index < -0.39 is 17.9 Å². The molecular weight excluding hydrogens is 227 g/mol. The van der Waals surface area contributed by atoms with Gasteiger partial charge in [0.15, 0.2) is 0 Å². The molecule has 1 atom stereocenters. The Hall–Kier alpha value is -1.66. The van der Waals surface area contributed by atoms with Crippen LogP contribution in [-0.2, 0) is 4.74 Å². The SMILES string of the molecule is COCC(CO)NC(=O)Nc1ccccc1F. The molecule has 94 valence electrons. The Bertz CT molecular complexity index is 373. The quantitative estimate of drug-likeness (QED) is 0.720. The number of anilines is 1. The van der Waals surface area contributed by atoms with E-state index in [-0.39, 0.29) is 18.9 Å². The number of rotatable bonds is 5. The van der Waals surface area contributed by atoms with Crippen LogP contribution in [-0.4, -0.2) is 37.5 Å². The van der Waals surface area contributed by atoms with E-state index in [9.17, 15) is 9.18 Å². The van der Waals surface area contributed by atoms with Gasteiger partial charge in [0.2, 0.25) is 0 Å². The second kappa shape index (κ2) is 6.82. The topological polar surface area (TPSA) is 70.6 Å². The number of aliphatic hydroxyl groups excluding tert-OH is 1. The predicted molar refractivity (Wildman–Crippen MR) is 61.3 cm³/mol. The lowest BCUT2D eigenvalue weighted by Crippen LogP contribution is -2.43. The molecular formula is C11H15FN2O3. The number of hydrogen-bond acceptors (Lipinski definition) is 3. The van der Waals surface area contributed by atoms with Gasteiger partial charge in [0, 0.05) is 7.11 Å². The predicted octanol–water partition coefficient (Wildman–Crippen LogP) is 0.954. The normalized spacial score (nSPS) is 11.9. The molecule has 0 bridgehead atoms. The standard InChI is InChI=1S/C11H15FN2O3/c1-17-7-8(6-15)13-11(16)14-10-5-3-2-4-9(10)12/h2-5,8,15H,6-7H2,1H3,(H2,13,14,16). The summed E-state index contributed by atoms with van der Waals surface area (Å²) in [6.45, 7) is -0.0697. The molecule has 1 rings (SSSR count). The van der Waals surface area contributed by atoms with Gasteiger partial charge in [-0.15, -0.1) is 0 Å². The molecule has 0 heterocycles. The highest BCUT2D eigenvalue weighted by molar-refractivity contribution is 5.89. The fraction of sp³-hybridized carbons (Fsp3) is 0.364. The van der Waals surface area contributed by atoms with Gasteiger partial charge in [-0.3, -0.25) is 0 Å². The number of amides is 2. The van der Waals surface area contributed by atoms with E-state index in [1.807, 2.05) is 0 Å². The van der Waals surface area contributed by atoms with Crippen molar-refractivity contribution in [3.8, 4) is 0 Å². The Balaban J connectivity index is 2.52. The van der Waals surface area contributed by atoms with E-state index in [2.05, 4.69) is 10.6 Å². The van der Waals surface area contributed by atoms with Crippen LogP contribution in [0.1, 0.15) is 0 Å². The summed E-state index contributed by atoms with van der Waals surface area (Å²) in [7, 11) is 1.46. The average molecular weight is 242 g/mol. The van der Waals surface area contributed by atoms with E-state index in [0.29, 0.717) is 0 Å². The maximum Gasteiger partial charge on any atom is 0.319 e. The van der Waals surface area contributed by atoms with Gasteiger partial charge in [-0.05, 0) is 12.1 Å². The molecule has 3 N–H and O–H groups in total.